The maximum Gasteiger partial charge on any atom is 0.241 e. The van der Waals surface area contributed by atoms with Gasteiger partial charge in [-0.1, -0.05) is 24.3 Å². The number of aliphatic hydroxyl groups is 1. The van der Waals surface area contributed by atoms with E-state index in [4.69, 9.17) is 0 Å². The van der Waals surface area contributed by atoms with Crippen LogP contribution in [0, 0.1) is 0 Å². The summed E-state index contributed by atoms with van der Waals surface area (Å²) in [5.74, 6) is -0.0822. The van der Waals surface area contributed by atoms with E-state index in [-0.39, 0.29) is 18.5 Å². The highest BCUT2D eigenvalue weighted by atomic mass is 16.3. The fraction of sp³-hybridized carbons (Fsp3) is 0.562. The van der Waals surface area contributed by atoms with Crippen LogP contribution >= 0.6 is 0 Å². The first-order chi connectivity index (χ1) is 9.89. The molecular formula is C16H25N3O2. The van der Waals surface area contributed by atoms with Gasteiger partial charge in [-0.2, -0.15) is 0 Å². The van der Waals surface area contributed by atoms with Gasteiger partial charge in [0, 0.05) is 19.6 Å². The minimum atomic E-state index is -0.937. The van der Waals surface area contributed by atoms with Crippen molar-refractivity contribution in [2.45, 2.75) is 25.0 Å². The Morgan fingerprint density at radius 2 is 2.19 bits per heavy atom. The largest absolute Gasteiger partial charge is 0.387 e. The standard InChI is InChI=1S/C16H25N3O2/c1-16(21,11-19(2)3)10-18-15(20)14-13-7-5-4-6-12(13)8-9-17-14/h4-7,14,17,21H,8-11H2,1-3H3,(H,18,20). The summed E-state index contributed by atoms with van der Waals surface area (Å²) in [4.78, 5) is 14.3. The van der Waals surface area contributed by atoms with Crippen LogP contribution in [-0.4, -0.2) is 55.2 Å². The molecule has 1 aliphatic heterocycles. The van der Waals surface area contributed by atoms with Crippen LogP contribution in [0.25, 0.3) is 0 Å². The van der Waals surface area contributed by atoms with Crippen LogP contribution in [0.15, 0.2) is 24.3 Å². The van der Waals surface area contributed by atoms with E-state index >= 15 is 0 Å². The van der Waals surface area contributed by atoms with E-state index in [2.05, 4.69) is 16.7 Å². The van der Waals surface area contributed by atoms with E-state index in [1.807, 2.05) is 37.2 Å². The molecule has 0 fully saturated rings. The molecule has 0 radical (unpaired) electrons. The topological polar surface area (TPSA) is 64.6 Å². The summed E-state index contributed by atoms with van der Waals surface area (Å²) in [5.41, 5.74) is 1.32. The lowest BCUT2D eigenvalue weighted by Gasteiger charge is -2.30. The molecule has 1 amide bonds. The zero-order chi connectivity index (χ0) is 15.5. The second-order valence-electron chi connectivity index (χ2n) is 6.29. The molecule has 1 aliphatic rings. The molecule has 2 unspecified atom stereocenters. The van der Waals surface area contributed by atoms with Crippen molar-refractivity contribution in [1.82, 2.24) is 15.5 Å². The van der Waals surface area contributed by atoms with Gasteiger partial charge in [-0.05, 0) is 38.6 Å². The van der Waals surface area contributed by atoms with Gasteiger partial charge < -0.3 is 20.6 Å². The quantitative estimate of drug-likeness (QED) is 0.730. The summed E-state index contributed by atoms with van der Waals surface area (Å²) in [6, 6.07) is 7.68. The predicted octanol–water partition coefficient (Wildman–Crippen LogP) is 0.302. The fourth-order valence-electron chi connectivity index (χ4n) is 2.86. The molecular weight excluding hydrogens is 266 g/mol. The summed E-state index contributed by atoms with van der Waals surface area (Å²) >= 11 is 0. The Labute approximate surface area is 126 Å². The van der Waals surface area contributed by atoms with Gasteiger partial charge in [0.05, 0.1) is 5.60 Å². The molecule has 116 valence electrons. The monoisotopic (exact) mass is 291 g/mol. The highest BCUT2D eigenvalue weighted by molar-refractivity contribution is 5.84. The molecule has 2 atom stereocenters. The minimum Gasteiger partial charge on any atom is -0.387 e. The van der Waals surface area contributed by atoms with E-state index in [1.54, 1.807) is 6.92 Å². The van der Waals surface area contributed by atoms with Gasteiger partial charge in [-0.15, -0.1) is 0 Å². The van der Waals surface area contributed by atoms with Crippen molar-refractivity contribution in [2.24, 2.45) is 0 Å². The average molecular weight is 291 g/mol. The van der Waals surface area contributed by atoms with Crippen molar-refractivity contribution < 1.29 is 9.90 Å². The molecule has 0 saturated carbocycles. The van der Waals surface area contributed by atoms with E-state index in [9.17, 15) is 9.90 Å². The molecule has 21 heavy (non-hydrogen) atoms. The minimum absolute atomic E-state index is 0.0822. The molecule has 3 N–H and O–H groups in total. The van der Waals surface area contributed by atoms with Crippen LogP contribution in [0.2, 0.25) is 0 Å². The van der Waals surface area contributed by atoms with Crippen molar-refractivity contribution in [3.63, 3.8) is 0 Å². The molecule has 0 saturated heterocycles. The van der Waals surface area contributed by atoms with Crippen molar-refractivity contribution in [1.29, 1.82) is 0 Å². The Bertz CT molecular complexity index is 500. The van der Waals surface area contributed by atoms with Gasteiger partial charge in [0.1, 0.15) is 6.04 Å². The zero-order valence-corrected chi connectivity index (χ0v) is 13.0. The third-order valence-corrected chi connectivity index (χ3v) is 3.67. The van der Waals surface area contributed by atoms with Crippen molar-refractivity contribution >= 4 is 5.91 Å². The fourth-order valence-corrected chi connectivity index (χ4v) is 2.86. The molecule has 0 aliphatic carbocycles. The van der Waals surface area contributed by atoms with Crippen molar-refractivity contribution in [2.75, 3.05) is 33.7 Å². The third-order valence-electron chi connectivity index (χ3n) is 3.67. The van der Waals surface area contributed by atoms with Gasteiger partial charge in [0.2, 0.25) is 5.91 Å². The molecule has 5 nitrogen and oxygen atoms in total. The number of hydrogen-bond acceptors (Lipinski definition) is 4. The van der Waals surface area contributed by atoms with Crippen LogP contribution in [0.4, 0.5) is 0 Å². The summed E-state index contributed by atoms with van der Waals surface area (Å²) < 4.78 is 0. The summed E-state index contributed by atoms with van der Waals surface area (Å²) in [5, 5.41) is 16.4. The molecule has 0 aromatic heterocycles. The Morgan fingerprint density at radius 1 is 1.48 bits per heavy atom. The number of likely N-dealkylation sites (N-methyl/N-ethyl adjacent to an activating group) is 1. The van der Waals surface area contributed by atoms with Crippen LogP contribution in [0.5, 0.6) is 0 Å². The highest BCUT2D eigenvalue weighted by Crippen LogP contribution is 2.22. The maximum atomic E-state index is 12.4. The first kappa shape index (κ1) is 15.9. The molecule has 1 aromatic carbocycles. The lowest BCUT2D eigenvalue weighted by atomic mass is 9.94. The summed E-state index contributed by atoms with van der Waals surface area (Å²) in [7, 11) is 3.80. The smallest absolute Gasteiger partial charge is 0.241 e. The number of hydrogen-bond donors (Lipinski definition) is 3. The Hall–Kier alpha value is -1.43. The van der Waals surface area contributed by atoms with Crippen molar-refractivity contribution in [3.8, 4) is 0 Å². The molecule has 1 heterocycles. The summed E-state index contributed by atoms with van der Waals surface area (Å²) in [6.45, 7) is 3.27. The second kappa shape index (κ2) is 6.56. The number of amides is 1. The molecule has 0 spiro atoms. The maximum absolute atomic E-state index is 12.4. The van der Waals surface area contributed by atoms with Gasteiger partial charge >= 0.3 is 0 Å². The number of carbonyl (C=O) groups excluding carboxylic acids is 1. The Kier molecular flexibility index (Phi) is 4.98. The lowest BCUT2D eigenvalue weighted by Crippen LogP contribution is -2.50. The van der Waals surface area contributed by atoms with Crippen molar-refractivity contribution in [3.05, 3.63) is 35.4 Å². The molecule has 5 heteroatoms. The second-order valence-corrected chi connectivity index (χ2v) is 6.29. The summed E-state index contributed by atoms with van der Waals surface area (Å²) in [6.07, 6.45) is 0.943. The van der Waals surface area contributed by atoms with Gasteiger partial charge in [-0.25, -0.2) is 0 Å². The van der Waals surface area contributed by atoms with Crippen LogP contribution in [0.1, 0.15) is 24.1 Å². The van der Waals surface area contributed by atoms with E-state index in [0.29, 0.717) is 6.54 Å². The SMILES string of the molecule is CN(C)CC(C)(O)CNC(=O)C1NCCc2ccccc21. The normalized spacial score (nSPS) is 20.7. The number of nitrogens with zero attached hydrogens (tertiary/aromatic N) is 1. The van der Waals surface area contributed by atoms with Crippen LogP contribution in [0.3, 0.4) is 0 Å². The van der Waals surface area contributed by atoms with Crippen LogP contribution in [-0.2, 0) is 11.2 Å². The Morgan fingerprint density at radius 3 is 2.90 bits per heavy atom. The number of rotatable bonds is 5. The first-order valence-corrected chi connectivity index (χ1v) is 7.35. The molecule has 1 aromatic rings. The number of benzene rings is 1. The predicted molar refractivity (Wildman–Crippen MR) is 83.1 cm³/mol. The average Bonchev–Trinajstić information content (AvgIpc) is 2.43. The van der Waals surface area contributed by atoms with Gasteiger partial charge in [-0.3, -0.25) is 4.79 Å². The van der Waals surface area contributed by atoms with Gasteiger partial charge in [0.15, 0.2) is 0 Å². The highest BCUT2D eigenvalue weighted by Gasteiger charge is 2.28. The molecule has 2 rings (SSSR count). The lowest BCUT2D eigenvalue weighted by molar-refractivity contribution is -0.124. The molecule has 0 bridgehead atoms. The first-order valence-electron chi connectivity index (χ1n) is 7.35. The third kappa shape index (κ3) is 4.27. The van der Waals surface area contributed by atoms with Gasteiger partial charge in [0.25, 0.3) is 0 Å². The van der Waals surface area contributed by atoms with Crippen LogP contribution < -0.4 is 10.6 Å². The van der Waals surface area contributed by atoms with E-state index < -0.39 is 5.60 Å². The number of carbonyl (C=O) groups is 1. The van der Waals surface area contributed by atoms with E-state index in [1.165, 1.54) is 5.56 Å². The zero-order valence-electron chi connectivity index (χ0n) is 13.0. The Balaban J connectivity index is 1.99. The van der Waals surface area contributed by atoms with E-state index in [0.717, 1.165) is 18.5 Å². The number of nitrogens with one attached hydrogen (secondary N) is 2. The number of fused-ring (bicyclic) bond motifs is 1.